The molecule has 0 spiro atoms. The summed E-state index contributed by atoms with van der Waals surface area (Å²) in [6.45, 7) is 7.14. The average Bonchev–Trinajstić information content (AvgIpc) is 2.36. The fourth-order valence-corrected chi connectivity index (χ4v) is 2.04. The van der Waals surface area contributed by atoms with Crippen LogP contribution in [0.1, 0.15) is 25.0 Å². The number of hydrogen-bond donors (Lipinski definition) is 1. The standard InChI is InChI=1S/C16H19FN2/c1-11(2)19-8-13-4-5-16(12(3)6-13)14-7-15(17)10-18-9-14/h4-7,9-11,19H,8H2,1-3H3. The number of hydrogen-bond acceptors (Lipinski definition) is 2. The van der Waals surface area contributed by atoms with Crippen molar-refractivity contribution < 1.29 is 4.39 Å². The Labute approximate surface area is 113 Å². The third-order valence-corrected chi connectivity index (χ3v) is 3.02. The van der Waals surface area contributed by atoms with Crippen LogP contribution in [-0.2, 0) is 6.54 Å². The van der Waals surface area contributed by atoms with Crippen molar-refractivity contribution in [3.8, 4) is 11.1 Å². The minimum Gasteiger partial charge on any atom is -0.310 e. The second kappa shape index (κ2) is 5.93. The van der Waals surface area contributed by atoms with E-state index in [9.17, 15) is 4.39 Å². The SMILES string of the molecule is Cc1cc(CNC(C)C)ccc1-c1cncc(F)c1. The van der Waals surface area contributed by atoms with Gasteiger partial charge in [-0.25, -0.2) is 4.39 Å². The molecule has 0 radical (unpaired) electrons. The number of nitrogens with zero attached hydrogens (tertiary/aromatic N) is 1. The van der Waals surface area contributed by atoms with E-state index >= 15 is 0 Å². The molecule has 2 nitrogen and oxygen atoms in total. The molecule has 0 bridgehead atoms. The highest BCUT2D eigenvalue weighted by atomic mass is 19.1. The first-order chi connectivity index (χ1) is 9.06. The Morgan fingerprint density at radius 2 is 2.00 bits per heavy atom. The van der Waals surface area contributed by atoms with E-state index in [-0.39, 0.29) is 5.82 Å². The number of rotatable bonds is 4. The number of nitrogens with one attached hydrogen (secondary N) is 1. The van der Waals surface area contributed by atoms with E-state index < -0.39 is 0 Å². The van der Waals surface area contributed by atoms with Gasteiger partial charge in [0.25, 0.3) is 0 Å². The lowest BCUT2D eigenvalue weighted by Crippen LogP contribution is -2.21. The van der Waals surface area contributed by atoms with Crippen LogP contribution in [0.2, 0.25) is 0 Å². The molecule has 0 aliphatic carbocycles. The third kappa shape index (κ3) is 3.61. The molecule has 1 aromatic carbocycles. The topological polar surface area (TPSA) is 24.9 Å². The quantitative estimate of drug-likeness (QED) is 0.904. The first-order valence-corrected chi connectivity index (χ1v) is 6.50. The van der Waals surface area contributed by atoms with Crippen LogP contribution in [0.5, 0.6) is 0 Å². The van der Waals surface area contributed by atoms with Gasteiger partial charge in [0.15, 0.2) is 0 Å². The minimum atomic E-state index is -0.303. The van der Waals surface area contributed by atoms with Crippen LogP contribution in [-0.4, -0.2) is 11.0 Å². The van der Waals surface area contributed by atoms with Crippen molar-refractivity contribution in [1.29, 1.82) is 0 Å². The predicted octanol–water partition coefficient (Wildman–Crippen LogP) is 3.69. The normalized spacial score (nSPS) is 11.0. The molecule has 0 saturated carbocycles. The zero-order valence-corrected chi connectivity index (χ0v) is 11.6. The first kappa shape index (κ1) is 13.7. The molecule has 100 valence electrons. The van der Waals surface area contributed by atoms with Crippen LogP contribution < -0.4 is 5.32 Å². The van der Waals surface area contributed by atoms with Gasteiger partial charge >= 0.3 is 0 Å². The number of aromatic nitrogens is 1. The highest BCUT2D eigenvalue weighted by molar-refractivity contribution is 5.66. The molecular formula is C16H19FN2. The van der Waals surface area contributed by atoms with E-state index in [2.05, 4.69) is 36.3 Å². The van der Waals surface area contributed by atoms with Crippen LogP contribution in [0.15, 0.2) is 36.7 Å². The van der Waals surface area contributed by atoms with Crippen molar-refractivity contribution >= 4 is 0 Å². The van der Waals surface area contributed by atoms with E-state index in [0.717, 1.165) is 23.2 Å². The zero-order chi connectivity index (χ0) is 13.8. The molecular weight excluding hydrogens is 239 g/mol. The summed E-state index contributed by atoms with van der Waals surface area (Å²) in [4.78, 5) is 3.90. The lowest BCUT2D eigenvalue weighted by molar-refractivity contribution is 0.589. The predicted molar refractivity (Wildman–Crippen MR) is 76.3 cm³/mol. The maximum Gasteiger partial charge on any atom is 0.142 e. The Balaban J connectivity index is 2.24. The van der Waals surface area contributed by atoms with Crippen molar-refractivity contribution in [3.05, 3.63) is 53.6 Å². The maximum atomic E-state index is 13.2. The summed E-state index contributed by atoms with van der Waals surface area (Å²) in [5, 5.41) is 3.38. The van der Waals surface area contributed by atoms with Gasteiger partial charge in [0, 0.05) is 24.3 Å². The Morgan fingerprint density at radius 1 is 1.21 bits per heavy atom. The number of benzene rings is 1. The Morgan fingerprint density at radius 3 is 2.63 bits per heavy atom. The zero-order valence-electron chi connectivity index (χ0n) is 11.6. The Hall–Kier alpha value is -1.74. The molecule has 2 aromatic rings. The molecule has 1 aromatic heterocycles. The van der Waals surface area contributed by atoms with E-state index in [1.165, 1.54) is 17.8 Å². The van der Waals surface area contributed by atoms with Crippen LogP contribution in [0.25, 0.3) is 11.1 Å². The molecule has 0 aliphatic heterocycles. The molecule has 1 N–H and O–H groups in total. The van der Waals surface area contributed by atoms with Gasteiger partial charge in [0.2, 0.25) is 0 Å². The van der Waals surface area contributed by atoms with Gasteiger partial charge in [-0.15, -0.1) is 0 Å². The summed E-state index contributed by atoms with van der Waals surface area (Å²) >= 11 is 0. The van der Waals surface area contributed by atoms with Crippen molar-refractivity contribution in [2.45, 2.75) is 33.4 Å². The summed E-state index contributed by atoms with van der Waals surface area (Å²) in [6, 6.07) is 8.22. The van der Waals surface area contributed by atoms with Crippen molar-refractivity contribution in [1.82, 2.24) is 10.3 Å². The lowest BCUT2D eigenvalue weighted by atomic mass is 9.99. The molecule has 0 amide bonds. The van der Waals surface area contributed by atoms with Crippen LogP contribution >= 0.6 is 0 Å². The molecule has 0 aliphatic rings. The molecule has 1 heterocycles. The molecule has 19 heavy (non-hydrogen) atoms. The Bertz CT molecular complexity index is 564. The smallest absolute Gasteiger partial charge is 0.142 e. The van der Waals surface area contributed by atoms with Gasteiger partial charge in [-0.1, -0.05) is 32.0 Å². The minimum absolute atomic E-state index is 0.303. The van der Waals surface area contributed by atoms with E-state index in [1.807, 2.05) is 13.0 Å². The van der Waals surface area contributed by atoms with E-state index in [4.69, 9.17) is 0 Å². The maximum absolute atomic E-state index is 13.2. The van der Waals surface area contributed by atoms with E-state index in [1.54, 1.807) is 6.20 Å². The van der Waals surface area contributed by atoms with Gasteiger partial charge in [0.05, 0.1) is 6.20 Å². The van der Waals surface area contributed by atoms with Gasteiger partial charge < -0.3 is 5.32 Å². The molecule has 2 rings (SSSR count). The van der Waals surface area contributed by atoms with Crippen LogP contribution in [0.3, 0.4) is 0 Å². The summed E-state index contributed by atoms with van der Waals surface area (Å²) in [7, 11) is 0. The summed E-state index contributed by atoms with van der Waals surface area (Å²) < 4.78 is 13.2. The molecule has 3 heteroatoms. The second-order valence-corrected chi connectivity index (χ2v) is 5.08. The first-order valence-electron chi connectivity index (χ1n) is 6.50. The van der Waals surface area contributed by atoms with Crippen LogP contribution in [0.4, 0.5) is 4.39 Å². The van der Waals surface area contributed by atoms with Crippen LogP contribution in [0, 0.1) is 12.7 Å². The highest BCUT2D eigenvalue weighted by Crippen LogP contribution is 2.24. The monoisotopic (exact) mass is 258 g/mol. The Kier molecular flexibility index (Phi) is 4.27. The van der Waals surface area contributed by atoms with Gasteiger partial charge in [0.1, 0.15) is 5.82 Å². The average molecular weight is 258 g/mol. The number of pyridine rings is 1. The molecule has 0 unspecified atom stereocenters. The third-order valence-electron chi connectivity index (χ3n) is 3.02. The summed E-state index contributed by atoms with van der Waals surface area (Å²) in [6.07, 6.45) is 2.91. The van der Waals surface area contributed by atoms with Crippen molar-refractivity contribution in [2.75, 3.05) is 0 Å². The van der Waals surface area contributed by atoms with Gasteiger partial charge in [-0.2, -0.15) is 0 Å². The van der Waals surface area contributed by atoms with Crippen molar-refractivity contribution in [2.24, 2.45) is 0 Å². The largest absolute Gasteiger partial charge is 0.310 e. The van der Waals surface area contributed by atoms with Gasteiger partial charge in [-0.05, 0) is 29.7 Å². The summed E-state index contributed by atoms with van der Waals surface area (Å²) in [5.41, 5.74) is 4.22. The number of aryl methyl sites for hydroxylation is 1. The van der Waals surface area contributed by atoms with E-state index in [0.29, 0.717) is 6.04 Å². The molecule has 0 atom stereocenters. The van der Waals surface area contributed by atoms with Gasteiger partial charge in [-0.3, -0.25) is 4.98 Å². The number of halogens is 1. The van der Waals surface area contributed by atoms with Crippen molar-refractivity contribution in [3.63, 3.8) is 0 Å². The fraction of sp³-hybridized carbons (Fsp3) is 0.312. The lowest BCUT2D eigenvalue weighted by Gasteiger charge is -2.11. The second-order valence-electron chi connectivity index (χ2n) is 5.08. The highest BCUT2D eigenvalue weighted by Gasteiger charge is 2.05. The molecule has 0 saturated heterocycles. The summed E-state index contributed by atoms with van der Waals surface area (Å²) in [5.74, 6) is -0.303. The molecule has 0 fully saturated rings. The fourth-order valence-electron chi connectivity index (χ4n) is 2.04.